The zero-order valence-corrected chi connectivity index (χ0v) is 16.3. The summed E-state index contributed by atoms with van der Waals surface area (Å²) in [5.41, 5.74) is 1.92. The predicted octanol–water partition coefficient (Wildman–Crippen LogP) is 2.16. The maximum Gasteiger partial charge on any atom is 0.328 e. The van der Waals surface area contributed by atoms with Gasteiger partial charge in [0.25, 0.3) is 11.5 Å². The van der Waals surface area contributed by atoms with Crippen LogP contribution >= 0.6 is 0 Å². The minimum Gasteiger partial charge on any atom is -0.467 e. The molecule has 2 aromatic carbocycles. The van der Waals surface area contributed by atoms with E-state index in [1.165, 1.54) is 16.7 Å². The molecule has 0 fully saturated rings. The molecule has 1 aliphatic heterocycles. The van der Waals surface area contributed by atoms with Gasteiger partial charge in [0.1, 0.15) is 6.04 Å². The number of amides is 1. The number of nitrogens with zero attached hydrogens (tertiary/aromatic N) is 3. The third-order valence-corrected chi connectivity index (χ3v) is 5.35. The SMILES string of the molecule is CCn1nc(C(=O)N2Cc3ccccc3C[C@@H]2C(=O)OC)c2ccccc2c1=O. The van der Waals surface area contributed by atoms with Crippen molar-refractivity contribution in [3.63, 3.8) is 0 Å². The van der Waals surface area contributed by atoms with Crippen molar-refractivity contribution in [2.24, 2.45) is 0 Å². The molecule has 0 bridgehead atoms. The van der Waals surface area contributed by atoms with Crippen LogP contribution in [0.2, 0.25) is 0 Å². The molecule has 29 heavy (non-hydrogen) atoms. The van der Waals surface area contributed by atoms with Gasteiger partial charge in [0, 0.05) is 24.9 Å². The van der Waals surface area contributed by atoms with Crippen molar-refractivity contribution in [1.29, 1.82) is 0 Å². The first-order valence-corrected chi connectivity index (χ1v) is 9.50. The van der Waals surface area contributed by atoms with E-state index in [1.54, 1.807) is 31.2 Å². The van der Waals surface area contributed by atoms with Crippen LogP contribution in [0.15, 0.2) is 53.3 Å². The van der Waals surface area contributed by atoms with Gasteiger partial charge in [0.2, 0.25) is 0 Å². The van der Waals surface area contributed by atoms with Crippen LogP contribution < -0.4 is 5.56 Å². The molecule has 0 radical (unpaired) electrons. The van der Waals surface area contributed by atoms with Gasteiger partial charge in [-0.25, -0.2) is 9.48 Å². The molecular weight excluding hydrogens is 370 g/mol. The van der Waals surface area contributed by atoms with E-state index >= 15 is 0 Å². The molecule has 0 spiro atoms. The number of aromatic nitrogens is 2. The number of methoxy groups -OCH3 is 1. The molecule has 1 amide bonds. The Labute approximate surface area is 167 Å². The zero-order chi connectivity index (χ0) is 20.5. The van der Waals surface area contributed by atoms with Crippen LogP contribution in [0.4, 0.5) is 0 Å². The molecule has 148 valence electrons. The second kappa shape index (κ2) is 7.50. The van der Waals surface area contributed by atoms with Crippen molar-refractivity contribution < 1.29 is 14.3 Å². The average Bonchev–Trinajstić information content (AvgIpc) is 2.77. The number of hydrogen-bond acceptors (Lipinski definition) is 5. The Morgan fingerprint density at radius 3 is 2.41 bits per heavy atom. The number of carbonyl (C=O) groups excluding carboxylic acids is 2. The standard InChI is InChI=1S/C22H21N3O4/c1-3-25-20(26)17-11-7-6-10-16(17)19(23-25)21(27)24-13-15-9-5-4-8-14(15)12-18(24)22(28)29-2/h4-11,18H,3,12-13H2,1-2H3/t18-/m1/s1. The number of ether oxygens (including phenoxy) is 1. The lowest BCUT2D eigenvalue weighted by Crippen LogP contribution is -2.49. The van der Waals surface area contributed by atoms with Crippen LogP contribution in [-0.2, 0) is 29.0 Å². The highest BCUT2D eigenvalue weighted by atomic mass is 16.5. The van der Waals surface area contributed by atoms with E-state index < -0.39 is 17.9 Å². The average molecular weight is 391 g/mol. The normalized spacial score (nSPS) is 15.8. The van der Waals surface area contributed by atoms with Crippen LogP contribution in [0.1, 0.15) is 28.5 Å². The van der Waals surface area contributed by atoms with Crippen LogP contribution in [0.25, 0.3) is 10.8 Å². The van der Waals surface area contributed by atoms with E-state index in [0.29, 0.717) is 23.7 Å². The lowest BCUT2D eigenvalue weighted by molar-refractivity contribution is -0.146. The monoisotopic (exact) mass is 391 g/mol. The molecule has 0 aliphatic carbocycles. The Kier molecular flexibility index (Phi) is 4.88. The van der Waals surface area contributed by atoms with Crippen molar-refractivity contribution in [2.45, 2.75) is 32.5 Å². The van der Waals surface area contributed by atoms with Crippen LogP contribution in [0, 0.1) is 0 Å². The minimum atomic E-state index is -0.745. The molecular formula is C22H21N3O4. The number of aryl methyl sites for hydroxylation is 1. The Balaban J connectivity index is 1.86. The van der Waals surface area contributed by atoms with Crippen molar-refractivity contribution in [3.05, 3.63) is 75.7 Å². The summed E-state index contributed by atoms with van der Waals surface area (Å²) in [6.07, 6.45) is 0.375. The van der Waals surface area contributed by atoms with E-state index in [-0.39, 0.29) is 17.8 Å². The first kappa shape index (κ1) is 18.9. The zero-order valence-electron chi connectivity index (χ0n) is 16.3. The summed E-state index contributed by atoms with van der Waals surface area (Å²) in [6.45, 7) is 2.41. The second-order valence-corrected chi connectivity index (χ2v) is 6.96. The molecule has 0 unspecified atom stereocenters. The summed E-state index contributed by atoms with van der Waals surface area (Å²) in [5.74, 6) is -0.866. The highest BCUT2D eigenvalue weighted by Crippen LogP contribution is 2.26. The van der Waals surface area contributed by atoms with Gasteiger partial charge in [-0.15, -0.1) is 0 Å². The van der Waals surface area contributed by atoms with Gasteiger partial charge >= 0.3 is 5.97 Å². The maximum atomic E-state index is 13.6. The van der Waals surface area contributed by atoms with E-state index in [1.807, 2.05) is 24.3 Å². The van der Waals surface area contributed by atoms with Crippen LogP contribution in [0.5, 0.6) is 0 Å². The molecule has 2 heterocycles. The van der Waals surface area contributed by atoms with Crippen molar-refractivity contribution in [1.82, 2.24) is 14.7 Å². The smallest absolute Gasteiger partial charge is 0.328 e. The highest BCUT2D eigenvalue weighted by Gasteiger charge is 2.37. The van der Waals surface area contributed by atoms with Crippen LogP contribution in [-0.4, -0.2) is 39.7 Å². The van der Waals surface area contributed by atoms with Crippen LogP contribution in [0.3, 0.4) is 0 Å². The third-order valence-electron chi connectivity index (χ3n) is 5.35. The quantitative estimate of drug-likeness (QED) is 0.639. The van der Waals surface area contributed by atoms with Gasteiger partial charge in [-0.3, -0.25) is 9.59 Å². The highest BCUT2D eigenvalue weighted by molar-refractivity contribution is 6.06. The molecule has 0 saturated heterocycles. The molecule has 4 rings (SSSR count). The molecule has 7 nitrogen and oxygen atoms in total. The Hall–Kier alpha value is -3.48. The number of rotatable bonds is 3. The summed E-state index contributed by atoms with van der Waals surface area (Å²) in [7, 11) is 1.32. The molecule has 1 atom stereocenters. The maximum absolute atomic E-state index is 13.6. The topological polar surface area (TPSA) is 81.5 Å². The summed E-state index contributed by atoms with van der Waals surface area (Å²) < 4.78 is 6.24. The van der Waals surface area contributed by atoms with Gasteiger partial charge < -0.3 is 9.64 Å². The van der Waals surface area contributed by atoms with Gasteiger partial charge in [0.05, 0.1) is 12.5 Å². The predicted molar refractivity (Wildman–Crippen MR) is 108 cm³/mol. The number of carbonyl (C=O) groups is 2. The lowest BCUT2D eigenvalue weighted by Gasteiger charge is -2.35. The lowest BCUT2D eigenvalue weighted by atomic mass is 9.93. The Morgan fingerprint density at radius 1 is 1.07 bits per heavy atom. The number of hydrogen-bond donors (Lipinski definition) is 0. The second-order valence-electron chi connectivity index (χ2n) is 6.96. The summed E-state index contributed by atoms with van der Waals surface area (Å²) >= 11 is 0. The number of fused-ring (bicyclic) bond motifs is 2. The first-order chi connectivity index (χ1) is 14.0. The molecule has 1 aliphatic rings. The molecule has 1 aromatic heterocycles. The Bertz CT molecular complexity index is 1170. The summed E-state index contributed by atoms with van der Waals surface area (Å²) in [4.78, 5) is 40.1. The third kappa shape index (κ3) is 3.18. The number of esters is 1. The molecule has 3 aromatic rings. The fraction of sp³-hybridized carbons (Fsp3) is 0.273. The molecule has 7 heteroatoms. The van der Waals surface area contributed by atoms with Crippen molar-refractivity contribution >= 4 is 22.6 Å². The van der Waals surface area contributed by atoms with E-state index in [9.17, 15) is 14.4 Å². The number of benzene rings is 2. The van der Waals surface area contributed by atoms with Gasteiger partial charge in [-0.2, -0.15) is 5.10 Å². The van der Waals surface area contributed by atoms with E-state index in [4.69, 9.17) is 4.74 Å². The van der Waals surface area contributed by atoms with Crippen molar-refractivity contribution in [2.75, 3.05) is 7.11 Å². The van der Waals surface area contributed by atoms with Crippen molar-refractivity contribution in [3.8, 4) is 0 Å². The minimum absolute atomic E-state index is 0.162. The van der Waals surface area contributed by atoms with E-state index in [2.05, 4.69) is 5.10 Å². The largest absolute Gasteiger partial charge is 0.467 e. The fourth-order valence-corrected chi connectivity index (χ4v) is 3.83. The van der Waals surface area contributed by atoms with Gasteiger partial charge in [-0.05, 0) is 24.1 Å². The Morgan fingerprint density at radius 2 is 1.72 bits per heavy atom. The molecule has 0 N–H and O–H groups in total. The van der Waals surface area contributed by atoms with Gasteiger partial charge in [-0.1, -0.05) is 42.5 Å². The summed E-state index contributed by atoms with van der Waals surface area (Å²) in [6, 6.07) is 13.9. The summed E-state index contributed by atoms with van der Waals surface area (Å²) in [5, 5.41) is 5.24. The van der Waals surface area contributed by atoms with Gasteiger partial charge in [0.15, 0.2) is 5.69 Å². The first-order valence-electron chi connectivity index (χ1n) is 9.50. The fourth-order valence-electron chi connectivity index (χ4n) is 3.83. The van der Waals surface area contributed by atoms with E-state index in [0.717, 1.165) is 11.1 Å². The molecule has 0 saturated carbocycles.